The van der Waals surface area contributed by atoms with E-state index in [2.05, 4.69) is 10.6 Å². The minimum absolute atomic E-state index is 0. The molecule has 1 aliphatic rings. The van der Waals surface area contributed by atoms with Gasteiger partial charge in [-0.2, -0.15) is 0 Å². The Labute approximate surface area is 125 Å². The molecular weight excluding hydrogens is 283 g/mol. The van der Waals surface area contributed by atoms with Crippen molar-refractivity contribution in [2.24, 2.45) is 0 Å². The Bertz CT molecular complexity index is 389. The third-order valence-electron chi connectivity index (χ3n) is 3.26. The molecule has 2 rings (SSSR count). The molecule has 1 saturated heterocycles. The minimum atomic E-state index is 0. The van der Waals surface area contributed by atoms with E-state index in [9.17, 15) is 4.79 Å². The van der Waals surface area contributed by atoms with Gasteiger partial charge in [-0.25, -0.2) is 0 Å². The molecule has 2 N–H and O–H groups in total. The van der Waals surface area contributed by atoms with E-state index in [1.54, 1.807) is 0 Å². The molecule has 0 saturated carbocycles. The maximum Gasteiger partial charge on any atom is 0.220 e. The predicted molar refractivity (Wildman–Crippen MR) is 81.1 cm³/mol. The zero-order valence-corrected chi connectivity index (χ0v) is 12.4. The van der Waals surface area contributed by atoms with Crippen molar-refractivity contribution in [3.63, 3.8) is 0 Å². The number of amides is 1. The average molecular weight is 303 g/mol. The fraction of sp³-hybridized carbons (Fsp3) is 0.500. The number of halogens is 2. The second-order valence-electron chi connectivity index (χ2n) is 4.72. The van der Waals surface area contributed by atoms with Crippen LogP contribution in [-0.4, -0.2) is 25.0 Å². The summed E-state index contributed by atoms with van der Waals surface area (Å²) in [6, 6.07) is 8.11. The number of carbonyl (C=O) groups is 1. The van der Waals surface area contributed by atoms with E-state index in [1.807, 2.05) is 24.3 Å². The van der Waals surface area contributed by atoms with Crippen molar-refractivity contribution in [2.75, 3.05) is 13.1 Å². The van der Waals surface area contributed by atoms with Crippen LogP contribution in [0.5, 0.6) is 0 Å². The molecule has 0 bridgehead atoms. The monoisotopic (exact) mass is 302 g/mol. The molecule has 1 amide bonds. The summed E-state index contributed by atoms with van der Waals surface area (Å²) in [6.07, 6.45) is 3.68. The molecule has 1 atom stereocenters. The molecule has 0 radical (unpaired) electrons. The van der Waals surface area contributed by atoms with Gasteiger partial charge in [0.1, 0.15) is 0 Å². The zero-order chi connectivity index (χ0) is 12.8. The van der Waals surface area contributed by atoms with E-state index in [0.29, 0.717) is 12.5 Å². The molecule has 3 nitrogen and oxygen atoms in total. The van der Waals surface area contributed by atoms with Gasteiger partial charge in [0, 0.05) is 24.0 Å². The Morgan fingerprint density at radius 2 is 2.11 bits per heavy atom. The Balaban J connectivity index is 0.00000180. The standard InChI is InChI=1S/C14H19ClN2O.ClH/c15-12-6-3-11(4-7-12)5-8-14(18)17-10-13-2-1-9-16-13;/h3-4,6-7,13,16H,1-2,5,8-10H2,(H,17,18);1H. The molecule has 1 unspecified atom stereocenters. The van der Waals surface area contributed by atoms with Crippen LogP contribution in [0.2, 0.25) is 5.02 Å². The highest BCUT2D eigenvalue weighted by Crippen LogP contribution is 2.11. The molecule has 0 spiro atoms. The Morgan fingerprint density at radius 1 is 1.37 bits per heavy atom. The number of aryl methyl sites for hydroxylation is 1. The molecule has 1 aromatic carbocycles. The van der Waals surface area contributed by atoms with Crippen molar-refractivity contribution in [1.82, 2.24) is 10.6 Å². The molecule has 19 heavy (non-hydrogen) atoms. The summed E-state index contributed by atoms with van der Waals surface area (Å²) in [6.45, 7) is 1.82. The zero-order valence-electron chi connectivity index (χ0n) is 10.8. The molecule has 5 heteroatoms. The van der Waals surface area contributed by atoms with Crippen LogP contribution in [0.15, 0.2) is 24.3 Å². The van der Waals surface area contributed by atoms with Crippen LogP contribution in [0, 0.1) is 0 Å². The van der Waals surface area contributed by atoms with Gasteiger partial charge in [-0.3, -0.25) is 4.79 Å². The third-order valence-corrected chi connectivity index (χ3v) is 3.51. The lowest BCUT2D eigenvalue weighted by Gasteiger charge is -2.11. The third kappa shape index (κ3) is 5.81. The van der Waals surface area contributed by atoms with E-state index in [4.69, 9.17) is 11.6 Å². The summed E-state index contributed by atoms with van der Waals surface area (Å²) >= 11 is 5.81. The van der Waals surface area contributed by atoms with Gasteiger partial charge < -0.3 is 10.6 Å². The molecule has 1 aromatic rings. The maximum atomic E-state index is 11.7. The van der Waals surface area contributed by atoms with Crippen molar-refractivity contribution >= 4 is 29.9 Å². The fourth-order valence-corrected chi connectivity index (χ4v) is 2.29. The van der Waals surface area contributed by atoms with Crippen LogP contribution in [0.25, 0.3) is 0 Å². The van der Waals surface area contributed by atoms with Crippen LogP contribution in [0.3, 0.4) is 0 Å². The first-order chi connectivity index (χ1) is 8.74. The van der Waals surface area contributed by atoms with Gasteiger partial charge in [-0.1, -0.05) is 23.7 Å². The second-order valence-corrected chi connectivity index (χ2v) is 5.16. The normalized spacial score (nSPS) is 17.8. The Hall–Kier alpha value is -0.770. The van der Waals surface area contributed by atoms with Crippen LogP contribution in [-0.2, 0) is 11.2 Å². The van der Waals surface area contributed by atoms with E-state index in [0.717, 1.165) is 36.5 Å². The first-order valence-electron chi connectivity index (χ1n) is 6.48. The van der Waals surface area contributed by atoms with Crippen molar-refractivity contribution in [3.05, 3.63) is 34.9 Å². The van der Waals surface area contributed by atoms with Crippen molar-refractivity contribution in [1.29, 1.82) is 0 Å². The fourth-order valence-electron chi connectivity index (χ4n) is 2.17. The highest BCUT2D eigenvalue weighted by atomic mass is 35.5. The summed E-state index contributed by atoms with van der Waals surface area (Å²) in [5.41, 5.74) is 1.15. The van der Waals surface area contributed by atoms with Gasteiger partial charge in [0.05, 0.1) is 0 Å². The first kappa shape index (κ1) is 16.3. The molecule has 1 heterocycles. The summed E-state index contributed by atoms with van der Waals surface area (Å²) < 4.78 is 0. The topological polar surface area (TPSA) is 41.1 Å². The lowest BCUT2D eigenvalue weighted by Crippen LogP contribution is -2.37. The van der Waals surface area contributed by atoms with Crippen molar-refractivity contribution < 1.29 is 4.79 Å². The van der Waals surface area contributed by atoms with Crippen LogP contribution in [0.1, 0.15) is 24.8 Å². The maximum absolute atomic E-state index is 11.7. The predicted octanol–water partition coefficient (Wildman–Crippen LogP) is 2.56. The highest BCUT2D eigenvalue weighted by Gasteiger charge is 2.14. The van der Waals surface area contributed by atoms with Gasteiger partial charge >= 0.3 is 0 Å². The summed E-state index contributed by atoms with van der Waals surface area (Å²) in [4.78, 5) is 11.7. The number of nitrogens with one attached hydrogen (secondary N) is 2. The summed E-state index contributed by atoms with van der Waals surface area (Å²) in [7, 11) is 0. The molecule has 1 fully saturated rings. The number of hydrogen-bond donors (Lipinski definition) is 2. The van der Waals surface area contributed by atoms with Gasteiger partial charge in [0.15, 0.2) is 0 Å². The smallest absolute Gasteiger partial charge is 0.220 e. The quantitative estimate of drug-likeness (QED) is 0.878. The van der Waals surface area contributed by atoms with E-state index in [1.165, 1.54) is 6.42 Å². The SMILES string of the molecule is Cl.O=C(CCc1ccc(Cl)cc1)NCC1CCCN1. The summed E-state index contributed by atoms with van der Waals surface area (Å²) in [5, 5.41) is 7.07. The molecule has 0 aromatic heterocycles. The minimum Gasteiger partial charge on any atom is -0.355 e. The lowest BCUT2D eigenvalue weighted by atomic mass is 10.1. The molecule has 0 aliphatic carbocycles. The lowest BCUT2D eigenvalue weighted by molar-refractivity contribution is -0.121. The van der Waals surface area contributed by atoms with Crippen LogP contribution in [0.4, 0.5) is 0 Å². The second kappa shape index (κ2) is 8.41. The van der Waals surface area contributed by atoms with Crippen molar-refractivity contribution in [2.45, 2.75) is 31.7 Å². The first-order valence-corrected chi connectivity index (χ1v) is 6.86. The van der Waals surface area contributed by atoms with Crippen LogP contribution < -0.4 is 10.6 Å². The number of carbonyl (C=O) groups excluding carboxylic acids is 1. The van der Waals surface area contributed by atoms with E-state index in [-0.39, 0.29) is 18.3 Å². The van der Waals surface area contributed by atoms with Gasteiger partial charge in [-0.05, 0) is 43.5 Å². The van der Waals surface area contributed by atoms with E-state index < -0.39 is 0 Å². The Kier molecular flexibility index (Phi) is 7.21. The van der Waals surface area contributed by atoms with Crippen LogP contribution >= 0.6 is 24.0 Å². The van der Waals surface area contributed by atoms with Gasteiger partial charge in [-0.15, -0.1) is 12.4 Å². The summed E-state index contributed by atoms with van der Waals surface area (Å²) in [5.74, 6) is 0.124. The van der Waals surface area contributed by atoms with Gasteiger partial charge in [0.2, 0.25) is 5.91 Å². The molecule has 106 valence electrons. The highest BCUT2D eigenvalue weighted by molar-refractivity contribution is 6.30. The Morgan fingerprint density at radius 3 is 2.74 bits per heavy atom. The number of rotatable bonds is 5. The van der Waals surface area contributed by atoms with E-state index >= 15 is 0 Å². The average Bonchev–Trinajstić information content (AvgIpc) is 2.89. The molecule has 1 aliphatic heterocycles. The van der Waals surface area contributed by atoms with Gasteiger partial charge in [0.25, 0.3) is 0 Å². The number of benzene rings is 1. The van der Waals surface area contributed by atoms with Crippen molar-refractivity contribution in [3.8, 4) is 0 Å². The molecular formula is C14H20Cl2N2O. The largest absolute Gasteiger partial charge is 0.355 e. The number of hydrogen-bond acceptors (Lipinski definition) is 2.